The van der Waals surface area contributed by atoms with Crippen molar-refractivity contribution in [2.45, 2.75) is 0 Å². The number of amides is 1. The smallest absolute Gasteiger partial charge is 0.273 e. The molecule has 1 N–H and O–H groups in total. The molecule has 0 unspecified atom stereocenters. The number of hydrogen-bond acceptors (Lipinski definition) is 6. The Labute approximate surface area is 168 Å². The Hall–Kier alpha value is -3.46. The van der Waals surface area contributed by atoms with Gasteiger partial charge in [-0.15, -0.1) is 0 Å². The molecule has 142 valence electrons. The van der Waals surface area contributed by atoms with Gasteiger partial charge in [0.1, 0.15) is 17.3 Å². The van der Waals surface area contributed by atoms with Crippen molar-refractivity contribution in [1.29, 1.82) is 0 Å². The van der Waals surface area contributed by atoms with Crippen LogP contribution in [0, 0.1) is 10.1 Å². The number of nitrogens with zero attached hydrogens (tertiary/aromatic N) is 2. The third-order valence-electron chi connectivity index (χ3n) is 3.75. The fourth-order valence-corrected chi connectivity index (χ4v) is 2.65. The fraction of sp³-hybridized carbons (Fsp3) is 0.0526. The fourth-order valence-electron chi connectivity index (χ4n) is 2.38. The van der Waals surface area contributed by atoms with Crippen LogP contribution in [0.3, 0.4) is 0 Å². The van der Waals surface area contributed by atoms with E-state index in [1.54, 1.807) is 42.5 Å². The number of ether oxygens (including phenoxy) is 1. The van der Waals surface area contributed by atoms with E-state index in [-0.39, 0.29) is 11.6 Å². The van der Waals surface area contributed by atoms with Crippen molar-refractivity contribution in [2.24, 2.45) is 5.10 Å². The predicted octanol–water partition coefficient (Wildman–Crippen LogP) is 4.39. The van der Waals surface area contributed by atoms with Crippen molar-refractivity contribution in [1.82, 2.24) is 5.43 Å². The Morgan fingerprint density at radius 3 is 2.64 bits per heavy atom. The summed E-state index contributed by atoms with van der Waals surface area (Å²) in [6.45, 7) is 0. The molecule has 3 rings (SSSR count). The highest BCUT2D eigenvalue weighted by atomic mass is 79.9. The maximum Gasteiger partial charge on any atom is 0.273 e. The highest BCUT2D eigenvalue weighted by Gasteiger charge is 2.15. The number of carbonyl (C=O) groups is 1. The minimum atomic E-state index is -0.499. The van der Waals surface area contributed by atoms with Gasteiger partial charge < -0.3 is 9.15 Å². The molecule has 0 bridgehead atoms. The highest BCUT2D eigenvalue weighted by Crippen LogP contribution is 2.34. The van der Waals surface area contributed by atoms with Gasteiger partial charge in [-0.3, -0.25) is 14.9 Å². The first-order valence-electron chi connectivity index (χ1n) is 7.99. The molecular formula is C19H14BrN3O5. The van der Waals surface area contributed by atoms with Crippen molar-refractivity contribution in [3.05, 3.63) is 80.5 Å². The van der Waals surface area contributed by atoms with Crippen molar-refractivity contribution in [2.75, 3.05) is 7.11 Å². The van der Waals surface area contributed by atoms with Crippen LogP contribution in [0.1, 0.15) is 16.1 Å². The molecule has 1 amide bonds. The molecular weight excluding hydrogens is 430 g/mol. The van der Waals surface area contributed by atoms with Gasteiger partial charge in [-0.25, -0.2) is 5.43 Å². The van der Waals surface area contributed by atoms with Crippen LogP contribution in [0.15, 0.2) is 68.6 Å². The lowest BCUT2D eigenvalue weighted by atomic mass is 10.1. The van der Waals surface area contributed by atoms with Gasteiger partial charge in [0.25, 0.3) is 11.6 Å². The van der Waals surface area contributed by atoms with Gasteiger partial charge >= 0.3 is 0 Å². The molecule has 0 saturated heterocycles. The molecule has 0 aliphatic rings. The Bertz CT molecular complexity index is 1040. The minimum absolute atomic E-state index is 0.0791. The first-order valence-corrected chi connectivity index (χ1v) is 8.79. The van der Waals surface area contributed by atoms with E-state index < -0.39 is 4.92 Å². The molecule has 0 aliphatic carbocycles. The van der Waals surface area contributed by atoms with E-state index in [1.165, 1.54) is 25.5 Å². The number of non-ortho nitro benzene ring substituents is 1. The van der Waals surface area contributed by atoms with E-state index in [0.717, 1.165) is 4.47 Å². The zero-order chi connectivity index (χ0) is 20.1. The number of halogens is 1. The largest absolute Gasteiger partial charge is 0.496 e. The third-order valence-corrected chi connectivity index (χ3v) is 4.28. The lowest BCUT2D eigenvalue weighted by Crippen LogP contribution is -2.17. The summed E-state index contributed by atoms with van der Waals surface area (Å²) in [6, 6.07) is 14.4. The average molecular weight is 444 g/mol. The number of nitrogens with one attached hydrogen (secondary N) is 1. The van der Waals surface area contributed by atoms with Crippen LogP contribution in [-0.2, 0) is 0 Å². The first-order chi connectivity index (χ1) is 13.5. The van der Waals surface area contributed by atoms with Crippen LogP contribution in [-0.4, -0.2) is 24.2 Å². The standard InChI is InChI=1S/C19H14BrN3O5/c1-27-18-10-14(23(25)26)6-8-16(18)17-9-7-15(28-17)11-21-22-19(24)12-2-4-13(20)5-3-12/h2-11H,1H3,(H,22,24)/b21-11-. The number of hydrogen-bond donors (Lipinski definition) is 1. The van der Waals surface area contributed by atoms with Crippen LogP contribution in [0.5, 0.6) is 5.75 Å². The molecule has 0 saturated carbocycles. The van der Waals surface area contributed by atoms with E-state index in [1.807, 2.05) is 0 Å². The van der Waals surface area contributed by atoms with E-state index in [2.05, 4.69) is 26.5 Å². The van der Waals surface area contributed by atoms with Crippen LogP contribution >= 0.6 is 15.9 Å². The van der Waals surface area contributed by atoms with Crippen LogP contribution in [0.25, 0.3) is 11.3 Å². The Balaban J connectivity index is 1.72. The minimum Gasteiger partial charge on any atom is -0.496 e. The monoisotopic (exact) mass is 443 g/mol. The summed E-state index contributed by atoms with van der Waals surface area (Å²) in [7, 11) is 1.42. The van der Waals surface area contributed by atoms with Crippen molar-refractivity contribution < 1.29 is 18.9 Å². The van der Waals surface area contributed by atoms with Crippen molar-refractivity contribution in [3.63, 3.8) is 0 Å². The molecule has 1 aromatic heterocycles. The van der Waals surface area contributed by atoms with Crippen LogP contribution in [0.4, 0.5) is 5.69 Å². The number of nitro groups is 1. The number of carbonyl (C=O) groups excluding carboxylic acids is 1. The quantitative estimate of drug-likeness (QED) is 0.345. The van der Waals surface area contributed by atoms with E-state index >= 15 is 0 Å². The molecule has 8 nitrogen and oxygen atoms in total. The van der Waals surface area contributed by atoms with E-state index in [4.69, 9.17) is 9.15 Å². The number of hydrazone groups is 1. The van der Waals surface area contributed by atoms with Gasteiger partial charge in [0.05, 0.1) is 29.9 Å². The zero-order valence-electron chi connectivity index (χ0n) is 14.6. The molecule has 1 heterocycles. The Kier molecular flexibility index (Phi) is 5.85. The van der Waals surface area contributed by atoms with E-state index in [0.29, 0.717) is 28.4 Å². The normalized spacial score (nSPS) is 10.8. The van der Waals surface area contributed by atoms with E-state index in [9.17, 15) is 14.9 Å². The average Bonchev–Trinajstić information content (AvgIpc) is 3.16. The van der Waals surface area contributed by atoms with Crippen LogP contribution < -0.4 is 10.2 Å². The van der Waals surface area contributed by atoms with Gasteiger partial charge in [0.15, 0.2) is 0 Å². The summed E-state index contributed by atoms with van der Waals surface area (Å²) in [5, 5.41) is 14.8. The second kappa shape index (κ2) is 8.49. The maximum atomic E-state index is 12.0. The number of benzene rings is 2. The molecule has 0 radical (unpaired) electrons. The molecule has 2 aromatic carbocycles. The van der Waals surface area contributed by atoms with Gasteiger partial charge in [-0.2, -0.15) is 5.10 Å². The molecule has 9 heteroatoms. The topological polar surface area (TPSA) is 107 Å². The SMILES string of the molecule is COc1cc([N+](=O)[O-])ccc1-c1ccc(/C=N\NC(=O)c2ccc(Br)cc2)o1. The summed E-state index contributed by atoms with van der Waals surface area (Å²) >= 11 is 3.30. The molecule has 0 fully saturated rings. The lowest BCUT2D eigenvalue weighted by molar-refractivity contribution is -0.384. The summed E-state index contributed by atoms with van der Waals surface area (Å²) < 4.78 is 11.7. The van der Waals surface area contributed by atoms with Crippen LogP contribution in [0.2, 0.25) is 0 Å². The summed E-state index contributed by atoms with van der Waals surface area (Å²) in [5.74, 6) is 0.807. The number of nitro benzene ring substituents is 1. The predicted molar refractivity (Wildman–Crippen MR) is 107 cm³/mol. The van der Waals surface area contributed by atoms with Gasteiger partial charge in [0, 0.05) is 16.1 Å². The molecule has 0 aliphatic heterocycles. The Morgan fingerprint density at radius 1 is 1.21 bits per heavy atom. The second-order valence-electron chi connectivity index (χ2n) is 5.55. The molecule has 28 heavy (non-hydrogen) atoms. The lowest BCUT2D eigenvalue weighted by Gasteiger charge is -2.05. The maximum absolute atomic E-state index is 12.0. The zero-order valence-corrected chi connectivity index (χ0v) is 16.2. The highest BCUT2D eigenvalue weighted by molar-refractivity contribution is 9.10. The molecule has 3 aromatic rings. The Morgan fingerprint density at radius 2 is 1.96 bits per heavy atom. The first kappa shape index (κ1) is 19.3. The number of methoxy groups -OCH3 is 1. The third kappa shape index (κ3) is 4.44. The molecule has 0 atom stereocenters. The molecule has 0 spiro atoms. The summed E-state index contributed by atoms with van der Waals surface area (Å²) in [5.41, 5.74) is 3.37. The van der Waals surface area contributed by atoms with Gasteiger partial charge in [-0.1, -0.05) is 15.9 Å². The number of rotatable bonds is 6. The van der Waals surface area contributed by atoms with Gasteiger partial charge in [0.2, 0.25) is 0 Å². The second-order valence-corrected chi connectivity index (χ2v) is 6.47. The van der Waals surface area contributed by atoms with Gasteiger partial charge in [-0.05, 0) is 42.5 Å². The van der Waals surface area contributed by atoms with Crippen molar-refractivity contribution in [3.8, 4) is 17.1 Å². The summed E-state index contributed by atoms with van der Waals surface area (Å²) in [6.07, 6.45) is 1.36. The van der Waals surface area contributed by atoms with Crippen molar-refractivity contribution >= 4 is 33.7 Å². The number of furan rings is 1. The summed E-state index contributed by atoms with van der Waals surface area (Å²) in [4.78, 5) is 22.4.